The van der Waals surface area contributed by atoms with Gasteiger partial charge in [-0.25, -0.2) is 18.7 Å². The van der Waals surface area contributed by atoms with Crippen LogP contribution in [-0.4, -0.2) is 35.9 Å². The van der Waals surface area contributed by atoms with Gasteiger partial charge in [-0.15, -0.1) is 0 Å². The fourth-order valence-corrected chi connectivity index (χ4v) is 2.77. The Labute approximate surface area is 164 Å². The zero-order valence-corrected chi connectivity index (χ0v) is 15.7. The van der Waals surface area contributed by atoms with Gasteiger partial charge in [-0.05, 0) is 24.3 Å². The topological polar surface area (TPSA) is 73.7 Å². The molecule has 28 heavy (non-hydrogen) atoms. The maximum atomic E-state index is 14.7. The minimum atomic E-state index is -0.778. The summed E-state index contributed by atoms with van der Waals surface area (Å²) >= 11 is 5.83. The highest BCUT2D eigenvalue weighted by molar-refractivity contribution is 6.30. The van der Waals surface area contributed by atoms with Crippen LogP contribution < -0.4 is 4.90 Å². The molecule has 0 radical (unpaired) electrons. The number of carbonyl (C=O) groups excluding carboxylic acids is 2. The number of anilines is 1. The SMILES string of the molecule is COC(=O)C1=C(C(=O)OC)N(c2ccc(-n3cc(Cl)cn3)c(F)c2)C=CC=C1. The highest BCUT2D eigenvalue weighted by Crippen LogP contribution is 2.28. The number of benzene rings is 1. The summed E-state index contributed by atoms with van der Waals surface area (Å²) in [4.78, 5) is 25.9. The molecule has 0 fully saturated rings. The van der Waals surface area contributed by atoms with E-state index in [2.05, 4.69) is 5.10 Å². The zero-order valence-electron chi connectivity index (χ0n) is 14.9. The van der Waals surface area contributed by atoms with Crippen molar-refractivity contribution in [3.63, 3.8) is 0 Å². The van der Waals surface area contributed by atoms with E-state index in [1.54, 1.807) is 18.2 Å². The second-order valence-electron chi connectivity index (χ2n) is 5.55. The molecule has 0 amide bonds. The predicted octanol–water partition coefficient (Wildman–Crippen LogP) is 3.15. The van der Waals surface area contributed by atoms with E-state index in [0.29, 0.717) is 10.7 Å². The summed E-state index contributed by atoms with van der Waals surface area (Å²) in [6.07, 6.45) is 8.94. The second-order valence-corrected chi connectivity index (χ2v) is 5.99. The summed E-state index contributed by atoms with van der Waals surface area (Å²) in [5.41, 5.74) is 0.335. The van der Waals surface area contributed by atoms with E-state index in [1.165, 1.54) is 60.6 Å². The van der Waals surface area contributed by atoms with Crippen molar-refractivity contribution in [2.45, 2.75) is 0 Å². The van der Waals surface area contributed by atoms with Crippen molar-refractivity contribution in [3.8, 4) is 5.69 Å². The largest absolute Gasteiger partial charge is 0.465 e. The normalized spacial score (nSPS) is 13.5. The molecule has 1 aromatic heterocycles. The molecule has 0 bridgehead atoms. The molecule has 144 valence electrons. The first-order chi connectivity index (χ1) is 13.5. The van der Waals surface area contributed by atoms with Crippen LogP contribution in [-0.2, 0) is 19.1 Å². The molecule has 0 atom stereocenters. The lowest BCUT2D eigenvalue weighted by Crippen LogP contribution is -2.27. The Hall–Kier alpha value is -3.39. The van der Waals surface area contributed by atoms with Crippen LogP contribution in [0.1, 0.15) is 0 Å². The number of allylic oxidation sites excluding steroid dienone is 2. The highest BCUT2D eigenvalue weighted by atomic mass is 35.5. The fraction of sp³-hybridized carbons (Fsp3) is 0.105. The van der Waals surface area contributed by atoms with Crippen LogP contribution in [0.5, 0.6) is 0 Å². The smallest absolute Gasteiger partial charge is 0.355 e. The Bertz CT molecular complexity index is 1030. The third-order valence-corrected chi connectivity index (χ3v) is 4.09. The maximum absolute atomic E-state index is 14.7. The van der Waals surface area contributed by atoms with Gasteiger partial charge in [-0.1, -0.05) is 17.7 Å². The van der Waals surface area contributed by atoms with E-state index < -0.39 is 17.8 Å². The first kappa shape index (κ1) is 19.4. The molecular formula is C19H15ClFN3O4. The number of rotatable bonds is 4. The highest BCUT2D eigenvalue weighted by Gasteiger charge is 2.27. The maximum Gasteiger partial charge on any atom is 0.355 e. The van der Waals surface area contributed by atoms with Gasteiger partial charge < -0.3 is 14.4 Å². The molecular weight excluding hydrogens is 389 g/mol. The molecule has 1 aliphatic rings. The van der Waals surface area contributed by atoms with E-state index in [-0.39, 0.29) is 17.0 Å². The van der Waals surface area contributed by atoms with Gasteiger partial charge in [-0.3, -0.25) is 0 Å². The predicted molar refractivity (Wildman–Crippen MR) is 100 cm³/mol. The minimum Gasteiger partial charge on any atom is -0.465 e. The van der Waals surface area contributed by atoms with Gasteiger partial charge in [0.2, 0.25) is 0 Å². The Balaban J connectivity index is 2.11. The number of esters is 2. The van der Waals surface area contributed by atoms with Crippen molar-refractivity contribution < 1.29 is 23.5 Å². The van der Waals surface area contributed by atoms with Crippen molar-refractivity contribution in [3.05, 3.63) is 77.1 Å². The number of carbonyl (C=O) groups is 2. The molecule has 0 N–H and O–H groups in total. The summed E-state index contributed by atoms with van der Waals surface area (Å²) in [6, 6.07) is 4.26. The standard InChI is InChI=1S/C19H15ClFN3O4/c1-27-18(25)14-5-3-4-8-23(17(14)19(26)28-2)13-6-7-16(15(21)9-13)24-11-12(20)10-22-24/h3-11H,1-2H3. The van der Waals surface area contributed by atoms with Crippen LogP contribution >= 0.6 is 11.6 Å². The molecule has 7 nitrogen and oxygen atoms in total. The van der Waals surface area contributed by atoms with Gasteiger partial charge in [-0.2, -0.15) is 5.10 Å². The molecule has 2 heterocycles. The molecule has 0 saturated heterocycles. The van der Waals surface area contributed by atoms with E-state index in [9.17, 15) is 14.0 Å². The molecule has 0 spiro atoms. The van der Waals surface area contributed by atoms with Crippen molar-refractivity contribution >= 4 is 29.2 Å². The average molecular weight is 404 g/mol. The summed E-state index contributed by atoms with van der Waals surface area (Å²) in [6.45, 7) is 0. The second kappa shape index (κ2) is 8.10. The molecule has 3 rings (SSSR count). The van der Waals surface area contributed by atoms with Gasteiger partial charge in [0, 0.05) is 24.2 Å². The summed E-state index contributed by atoms with van der Waals surface area (Å²) in [5, 5.41) is 4.33. The number of methoxy groups -OCH3 is 2. The Morgan fingerprint density at radius 3 is 2.50 bits per heavy atom. The number of nitrogens with zero attached hydrogens (tertiary/aromatic N) is 3. The van der Waals surface area contributed by atoms with E-state index in [1.807, 2.05) is 0 Å². The van der Waals surface area contributed by atoms with Crippen LogP contribution in [0.3, 0.4) is 0 Å². The van der Waals surface area contributed by atoms with Gasteiger partial charge in [0.25, 0.3) is 0 Å². The van der Waals surface area contributed by atoms with Gasteiger partial charge in [0.05, 0.1) is 31.0 Å². The molecule has 9 heteroatoms. The third kappa shape index (κ3) is 3.67. The molecule has 2 aromatic rings. The van der Waals surface area contributed by atoms with Crippen LogP contribution in [0, 0.1) is 5.82 Å². The Morgan fingerprint density at radius 1 is 1.14 bits per heavy atom. The van der Waals surface area contributed by atoms with E-state index in [0.717, 1.165) is 0 Å². The molecule has 1 aromatic carbocycles. The Morgan fingerprint density at radius 2 is 1.89 bits per heavy atom. The van der Waals surface area contributed by atoms with Crippen molar-refractivity contribution in [1.82, 2.24) is 9.78 Å². The quantitative estimate of drug-likeness (QED) is 0.730. The van der Waals surface area contributed by atoms with Gasteiger partial charge in [0.15, 0.2) is 5.82 Å². The van der Waals surface area contributed by atoms with Crippen LogP contribution in [0.25, 0.3) is 5.69 Å². The molecule has 0 saturated carbocycles. The number of hydrogen-bond donors (Lipinski definition) is 0. The zero-order chi connectivity index (χ0) is 20.3. The van der Waals surface area contributed by atoms with Crippen LogP contribution in [0.2, 0.25) is 5.02 Å². The molecule has 0 unspecified atom stereocenters. The van der Waals surface area contributed by atoms with Crippen LogP contribution in [0.15, 0.2) is 66.3 Å². The molecule has 0 aliphatic carbocycles. The number of halogens is 2. The Kier molecular flexibility index (Phi) is 5.60. The lowest BCUT2D eigenvalue weighted by atomic mass is 10.1. The minimum absolute atomic E-state index is 0.0253. The first-order valence-corrected chi connectivity index (χ1v) is 8.39. The van der Waals surface area contributed by atoms with E-state index in [4.69, 9.17) is 21.1 Å². The molecule has 1 aliphatic heterocycles. The van der Waals surface area contributed by atoms with Crippen molar-refractivity contribution in [2.75, 3.05) is 19.1 Å². The lowest BCUT2D eigenvalue weighted by molar-refractivity contribution is -0.139. The summed E-state index contributed by atoms with van der Waals surface area (Å²) < 4.78 is 25.6. The van der Waals surface area contributed by atoms with E-state index >= 15 is 0 Å². The number of aromatic nitrogens is 2. The summed E-state index contributed by atoms with van der Waals surface area (Å²) in [7, 11) is 2.39. The summed E-state index contributed by atoms with van der Waals surface area (Å²) in [5.74, 6) is -2.11. The van der Waals surface area contributed by atoms with Crippen LogP contribution in [0.4, 0.5) is 10.1 Å². The first-order valence-electron chi connectivity index (χ1n) is 8.01. The number of ether oxygens (including phenoxy) is 2. The monoisotopic (exact) mass is 403 g/mol. The average Bonchev–Trinajstić information content (AvgIpc) is 3.00. The van der Waals surface area contributed by atoms with Gasteiger partial charge >= 0.3 is 11.9 Å². The van der Waals surface area contributed by atoms with Crippen molar-refractivity contribution in [2.24, 2.45) is 0 Å². The third-order valence-electron chi connectivity index (χ3n) is 3.90. The van der Waals surface area contributed by atoms with Gasteiger partial charge in [0.1, 0.15) is 11.4 Å². The fourth-order valence-electron chi connectivity index (χ4n) is 2.63. The number of hydrogen-bond acceptors (Lipinski definition) is 6. The van der Waals surface area contributed by atoms with Crippen molar-refractivity contribution in [1.29, 1.82) is 0 Å². The lowest BCUT2D eigenvalue weighted by Gasteiger charge is -2.23.